The summed E-state index contributed by atoms with van der Waals surface area (Å²) < 4.78 is 9.45. The third-order valence-electron chi connectivity index (χ3n) is 6.69. The first kappa shape index (κ1) is 15.8. The van der Waals surface area contributed by atoms with Crippen molar-refractivity contribution in [3.8, 4) is 0 Å². The number of benzene rings is 1. The minimum Gasteiger partial charge on any atom is -0.379 e. The highest BCUT2D eigenvalue weighted by Gasteiger charge is 2.52. The van der Waals surface area contributed by atoms with Crippen molar-refractivity contribution in [3.63, 3.8) is 0 Å². The van der Waals surface area contributed by atoms with Gasteiger partial charge in [0.15, 0.2) is 0 Å². The van der Waals surface area contributed by atoms with Gasteiger partial charge < -0.3 is 5.11 Å². The van der Waals surface area contributed by atoms with E-state index in [1.54, 1.807) is 0 Å². The number of fused-ring (bicyclic) bond motifs is 5. The molecule has 0 saturated carbocycles. The predicted octanol–water partition coefficient (Wildman–Crippen LogP) is 4.36. The van der Waals surface area contributed by atoms with Crippen molar-refractivity contribution in [2.45, 2.75) is 58.6 Å². The van der Waals surface area contributed by atoms with Gasteiger partial charge in [-0.25, -0.2) is 0 Å². The Morgan fingerprint density at radius 1 is 1.52 bits per heavy atom. The highest BCUT2D eigenvalue weighted by molar-refractivity contribution is 6.04. The zero-order chi connectivity index (χ0) is 18.7. The Morgan fingerprint density at radius 2 is 2.32 bits per heavy atom. The van der Waals surface area contributed by atoms with Crippen LogP contribution in [0.1, 0.15) is 52.5 Å². The van der Waals surface area contributed by atoms with Gasteiger partial charge in [0.25, 0.3) is 0 Å². The molecular weight excluding hydrogens is 308 g/mol. The first-order chi connectivity index (χ1) is 12.3. The number of allylic oxidation sites excluding steroid dienone is 2. The van der Waals surface area contributed by atoms with Gasteiger partial charge in [-0.2, -0.15) is 0 Å². The van der Waals surface area contributed by atoms with Crippen LogP contribution >= 0.6 is 0 Å². The molecule has 1 aromatic rings. The SMILES string of the molecule is [2H][C@@]12C[C@H](/C(C)=C\C)[C@H](CC)CN1CC[C@@]1(O)C2=Nc2cccc(C)c21. The molecule has 0 amide bonds. The topological polar surface area (TPSA) is 35.8 Å². The fraction of sp³-hybridized carbons (Fsp3) is 0.591. The van der Waals surface area contributed by atoms with Crippen molar-refractivity contribution in [1.82, 2.24) is 4.90 Å². The fourth-order valence-corrected chi connectivity index (χ4v) is 5.12. The Labute approximate surface area is 152 Å². The van der Waals surface area contributed by atoms with E-state index in [9.17, 15) is 6.48 Å². The Kier molecular flexibility index (Phi) is 3.83. The van der Waals surface area contributed by atoms with Gasteiger partial charge in [-0.3, -0.25) is 9.89 Å². The summed E-state index contributed by atoms with van der Waals surface area (Å²) in [6.45, 7) is 10.2. The largest absolute Gasteiger partial charge is 0.379 e. The van der Waals surface area contributed by atoms with Crippen molar-refractivity contribution in [3.05, 3.63) is 41.0 Å². The number of aryl methyl sites for hydroxylation is 1. The summed E-state index contributed by atoms with van der Waals surface area (Å²) in [5.74, 6) is 0.954. The zero-order valence-corrected chi connectivity index (χ0v) is 15.8. The van der Waals surface area contributed by atoms with E-state index in [1.807, 2.05) is 25.1 Å². The van der Waals surface area contributed by atoms with Crippen LogP contribution in [0.5, 0.6) is 0 Å². The number of hydrogen-bond donors (Lipinski definition) is 1. The number of aliphatic hydroxyl groups is 1. The summed E-state index contributed by atoms with van der Waals surface area (Å²) in [5.41, 5.74) is 3.80. The molecule has 0 bridgehead atoms. The van der Waals surface area contributed by atoms with Crippen LogP contribution in [0.4, 0.5) is 5.69 Å². The standard InChI is InChI=1S/C22H30N2O/c1-5-14(3)17-12-19-21-22(25,10-11-24(19)13-16(17)6-2)20-15(4)8-7-9-18(20)23-21/h5,7-9,16-17,19,25H,6,10-13H2,1-4H3/b14-5-/t16-,17-,19+,22+/m1/s1/i19D. The number of hydrogen-bond acceptors (Lipinski definition) is 3. The lowest BCUT2D eigenvalue weighted by Crippen LogP contribution is -2.60. The summed E-state index contributed by atoms with van der Waals surface area (Å²) in [6, 6.07) is 5.10. The van der Waals surface area contributed by atoms with E-state index in [0.717, 1.165) is 42.7 Å². The summed E-state index contributed by atoms with van der Waals surface area (Å²) in [4.78, 5) is 7.12. The third-order valence-corrected chi connectivity index (χ3v) is 6.69. The molecule has 25 heavy (non-hydrogen) atoms. The molecule has 4 rings (SSSR count). The first-order valence-electron chi connectivity index (χ1n) is 10.1. The lowest BCUT2D eigenvalue weighted by molar-refractivity contribution is 0.0188. The molecule has 2 saturated heterocycles. The Bertz CT molecular complexity index is 801. The maximum absolute atomic E-state index is 11.7. The molecule has 0 unspecified atom stereocenters. The van der Waals surface area contributed by atoms with Crippen LogP contribution < -0.4 is 0 Å². The molecule has 4 atom stereocenters. The van der Waals surface area contributed by atoms with E-state index in [4.69, 9.17) is 4.99 Å². The van der Waals surface area contributed by atoms with Gasteiger partial charge >= 0.3 is 0 Å². The molecule has 1 aromatic carbocycles. The molecule has 3 nitrogen and oxygen atoms in total. The molecule has 3 heteroatoms. The van der Waals surface area contributed by atoms with Gasteiger partial charge in [-0.1, -0.05) is 37.1 Å². The molecular formula is C22H30N2O. The van der Waals surface area contributed by atoms with Gasteiger partial charge in [0.2, 0.25) is 0 Å². The molecule has 3 aliphatic heterocycles. The van der Waals surface area contributed by atoms with Crippen LogP contribution in [-0.4, -0.2) is 34.8 Å². The van der Waals surface area contributed by atoms with E-state index < -0.39 is 11.6 Å². The molecule has 134 valence electrons. The predicted molar refractivity (Wildman–Crippen MR) is 103 cm³/mol. The molecule has 1 N–H and O–H groups in total. The van der Waals surface area contributed by atoms with Crippen molar-refractivity contribution >= 4 is 11.4 Å². The Hall–Kier alpha value is -1.45. The quantitative estimate of drug-likeness (QED) is 0.813. The zero-order valence-electron chi connectivity index (χ0n) is 16.8. The summed E-state index contributed by atoms with van der Waals surface area (Å²) >= 11 is 0. The number of aliphatic imine (C=N–C) groups is 1. The summed E-state index contributed by atoms with van der Waals surface area (Å²) in [5, 5.41) is 11.7. The lowest BCUT2D eigenvalue weighted by atomic mass is 9.70. The van der Waals surface area contributed by atoms with Gasteiger partial charge in [-0.15, -0.1) is 0 Å². The lowest BCUT2D eigenvalue weighted by Gasteiger charge is -2.50. The van der Waals surface area contributed by atoms with E-state index in [0.29, 0.717) is 24.0 Å². The molecule has 0 spiro atoms. The molecule has 0 radical (unpaired) electrons. The van der Waals surface area contributed by atoms with Gasteiger partial charge in [0.05, 0.1) is 18.8 Å². The van der Waals surface area contributed by atoms with Crippen LogP contribution in [0.3, 0.4) is 0 Å². The van der Waals surface area contributed by atoms with Gasteiger partial charge in [-0.05, 0) is 57.1 Å². The summed E-state index contributed by atoms with van der Waals surface area (Å²) in [7, 11) is 0. The second-order valence-corrected chi connectivity index (χ2v) is 7.94. The van der Waals surface area contributed by atoms with E-state index in [-0.39, 0.29) is 0 Å². The first-order valence-corrected chi connectivity index (χ1v) is 9.65. The van der Waals surface area contributed by atoms with Crippen LogP contribution in [0, 0.1) is 18.8 Å². The van der Waals surface area contributed by atoms with E-state index >= 15 is 0 Å². The number of piperidine rings is 2. The molecule has 3 heterocycles. The van der Waals surface area contributed by atoms with Gasteiger partial charge in [0.1, 0.15) is 5.60 Å². The van der Waals surface area contributed by atoms with Crippen LogP contribution in [0.15, 0.2) is 34.8 Å². The van der Waals surface area contributed by atoms with Crippen molar-refractivity contribution in [1.29, 1.82) is 0 Å². The molecule has 0 aromatic heterocycles. The van der Waals surface area contributed by atoms with E-state index in [2.05, 4.69) is 31.7 Å². The Morgan fingerprint density at radius 3 is 3.04 bits per heavy atom. The average molecular weight is 340 g/mol. The minimum absolute atomic E-state index is 0.383. The minimum atomic E-state index is -1.08. The highest BCUT2D eigenvalue weighted by Crippen LogP contribution is 2.49. The average Bonchev–Trinajstić information content (AvgIpc) is 2.95. The Balaban J connectivity index is 1.80. The van der Waals surface area contributed by atoms with Crippen molar-refractivity contribution in [2.75, 3.05) is 13.1 Å². The van der Waals surface area contributed by atoms with Crippen LogP contribution in [0.25, 0.3) is 0 Å². The molecule has 3 aliphatic rings. The molecule has 0 aliphatic carbocycles. The number of rotatable bonds is 2. The van der Waals surface area contributed by atoms with Gasteiger partial charge in [0, 0.05) is 18.7 Å². The highest BCUT2D eigenvalue weighted by atomic mass is 16.3. The van der Waals surface area contributed by atoms with E-state index in [1.165, 1.54) is 5.57 Å². The third kappa shape index (κ3) is 2.43. The van der Waals surface area contributed by atoms with Crippen LogP contribution in [-0.2, 0) is 5.60 Å². The van der Waals surface area contributed by atoms with Crippen molar-refractivity contribution < 1.29 is 6.48 Å². The molecule has 2 fully saturated rings. The van der Waals surface area contributed by atoms with Crippen LogP contribution in [0.2, 0.25) is 0 Å². The number of nitrogens with zero attached hydrogens (tertiary/aromatic N) is 2. The maximum Gasteiger partial charge on any atom is 0.133 e. The van der Waals surface area contributed by atoms with Crippen molar-refractivity contribution in [2.24, 2.45) is 16.8 Å². The second kappa shape index (κ2) is 6.07. The normalized spacial score (nSPS) is 38.5. The fourth-order valence-electron chi connectivity index (χ4n) is 5.12. The second-order valence-electron chi connectivity index (χ2n) is 7.94. The summed E-state index contributed by atoms with van der Waals surface area (Å²) in [6.07, 6.45) is 4.67. The monoisotopic (exact) mass is 339 g/mol. The smallest absolute Gasteiger partial charge is 0.133 e. The maximum atomic E-state index is 11.7.